The summed E-state index contributed by atoms with van der Waals surface area (Å²) in [5.74, 6) is 1.28. The fourth-order valence-electron chi connectivity index (χ4n) is 3.19. The highest BCUT2D eigenvalue weighted by atomic mass is 32.2. The predicted octanol–water partition coefficient (Wildman–Crippen LogP) is 4.09. The molecule has 0 spiro atoms. The Bertz CT molecular complexity index is 889. The minimum Gasteiger partial charge on any atom is -0.462 e. The number of carbonyl (C=O) groups is 1. The standard InChI is InChI=1S/C21H29N5O2S/c1-6-12-28-19(27)17-14(3)22-20-23-21(29-13-7-2)24-26(20)18(17)15-8-10-16(11-9-15)25(4)5/h8-11,18H,6-7,12-13H2,1-5H3,(H,22,23,24). The first-order chi connectivity index (χ1) is 14.0. The van der Waals surface area contributed by atoms with E-state index in [1.165, 1.54) is 0 Å². The Morgan fingerprint density at radius 1 is 1.24 bits per heavy atom. The fourth-order valence-corrected chi connectivity index (χ4v) is 3.87. The van der Waals surface area contributed by atoms with Crippen molar-refractivity contribution in [2.45, 2.75) is 44.8 Å². The van der Waals surface area contributed by atoms with Gasteiger partial charge >= 0.3 is 5.97 Å². The number of thioether (sulfide) groups is 1. The topological polar surface area (TPSA) is 72.3 Å². The molecule has 7 nitrogen and oxygen atoms in total. The normalized spacial score (nSPS) is 15.7. The minimum atomic E-state index is -0.379. The average Bonchev–Trinajstić information content (AvgIpc) is 3.11. The van der Waals surface area contributed by atoms with Crippen LogP contribution in [-0.4, -0.2) is 47.2 Å². The fraction of sp³-hybridized carbons (Fsp3) is 0.476. The second-order valence-electron chi connectivity index (χ2n) is 7.20. The van der Waals surface area contributed by atoms with Crippen molar-refractivity contribution in [3.05, 3.63) is 41.1 Å². The van der Waals surface area contributed by atoms with E-state index >= 15 is 0 Å². The molecule has 0 saturated carbocycles. The van der Waals surface area contributed by atoms with E-state index in [4.69, 9.17) is 9.84 Å². The molecule has 0 amide bonds. The second-order valence-corrected chi connectivity index (χ2v) is 8.26. The molecule has 1 unspecified atom stereocenters. The summed E-state index contributed by atoms with van der Waals surface area (Å²) in [5, 5.41) is 8.65. The molecule has 8 heteroatoms. The lowest BCUT2D eigenvalue weighted by atomic mass is 9.95. The number of fused-ring (bicyclic) bond motifs is 1. The Morgan fingerprint density at radius 3 is 2.59 bits per heavy atom. The monoisotopic (exact) mass is 415 g/mol. The molecule has 2 aromatic rings. The SMILES string of the molecule is CCCOC(=O)C1=C(C)Nc2nc(SCCC)nn2C1c1ccc(N(C)C)cc1. The van der Waals surface area contributed by atoms with Crippen molar-refractivity contribution in [2.75, 3.05) is 36.7 Å². The first kappa shape index (κ1) is 21.2. The number of carbonyl (C=O) groups excluding carboxylic acids is 1. The van der Waals surface area contributed by atoms with Gasteiger partial charge in [-0.1, -0.05) is 37.7 Å². The molecule has 1 aliphatic rings. The number of rotatable bonds is 8. The minimum absolute atomic E-state index is 0.317. The average molecular weight is 416 g/mol. The van der Waals surface area contributed by atoms with Crippen LogP contribution < -0.4 is 10.2 Å². The van der Waals surface area contributed by atoms with Gasteiger partial charge in [0.1, 0.15) is 6.04 Å². The first-order valence-electron chi connectivity index (χ1n) is 9.97. The molecule has 1 aliphatic heterocycles. The number of hydrogen-bond donors (Lipinski definition) is 1. The first-order valence-corrected chi connectivity index (χ1v) is 11.0. The predicted molar refractivity (Wildman–Crippen MR) is 118 cm³/mol. The smallest absolute Gasteiger partial charge is 0.338 e. The number of esters is 1. The molecule has 3 rings (SSSR count). The molecule has 29 heavy (non-hydrogen) atoms. The van der Waals surface area contributed by atoms with Gasteiger partial charge in [0.25, 0.3) is 0 Å². The largest absolute Gasteiger partial charge is 0.462 e. The summed E-state index contributed by atoms with van der Waals surface area (Å²) in [6.45, 7) is 6.40. The lowest BCUT2D eigenvalue weighted by Crippen LogP contribution is -2.29. The summed E-state index contributed by atoms with van der Waals surface area (Å²) in [6.07, 6.45) is 1.82. The summed E-state index contributed by atoms with van der Waals surface area (Å²) >= 11 is 1.62. The van der Waals surface area contributed by atoms with Gasteiger partial charge in [0.2, 0.25) is 11.1 Å². The van der Waals surface area contributed by atoms with Gasteiger partial charge < -0.3 is 15.0 Å². The van der Waals surface area contributed by atoms with Gasteiger partial charge in [0, 0.05) is 31.2 Å². The molecule has 1 N–H and O–H groups in total. The highest BCUT2D eigenvalue weighted by molar-refractivity contribution is 7.99. The molecule has 0 radical (unpaired) electrons. The maximum absolute atomic E-state index is 12.9. The van der Waals surface area contributed by atoms with Crippen LogP contribution in [0.3, 0.4) is 0 Å². The van der Waals surface area contributed by atoms with Crippen molar-refractivity contribution >= 4 is 29.4 Å². The number of nitrogens with zero attached hydrogens (tertiary/aromatic N) is 4. The highest BCUT2D eigenvalue weighted by Crippen LogP contribution is 2.37. The number of ether oxygens (including phenoxy) is 1. The zero-order valence-electron chi connectivity index (χ0n) is 17.7. The van der Waals surface area contributed by atoms with Gasteiger partial charge in [-0.2, -0.15) is 4.98 Å². The zero-order valence-corrected chi connectivity index (χ0v) is 18.5. The molecule has 1 aromatic heterocycles. The molecule has 0 bridgehead atoms. The van der Waals surface area contributed by atoms with E-state index in [1.807, 2.05) is 57.1 Å². The lowest BCUT2D eigenvalue weighted by Gasteiger charge is -2.28. The van der Waals surface area contributed by atoms with Crippen molar-refractivity contribution in [3.8, 4) is 0 Å². The molecule has 2 heterocycles. The second kappa shape index (κ2) is 9.35. The van der Waals surface area contributed by atoms with Crippen LogP contribution in [0.1, 0.15) is 45.2 Å². The van der Waals surface area contributed by atoms with Gasteiger partial charge in [-0.3, -0.25) is 0 Å². The molecule has 0 aliphatic carbocycles. The quantitative estimate of drug-likeness (QED) is 0.514. The van der Waals surface area contributed by atoms with Crippen molar-refractivity contribution < 1.29 is 9.53 Å². The number of benzene rings is 1. The van der Waals surface area contributed by atoms with Crippen LogP contribution in [0.5, 0.6) is 0 Å². The van der Waals surface area contributed by atoms with Crippen LogP contribution >= 0.6 is 11.8 Å². The summed E-state index contributed by atoms with van der Waals surface area (Å²) in [4.78, 5) is 19.6. The number of anilines is 2. The number of aromatic nitrogens is 3. The third-order valence-corrected chi connectivity index (χ3v) is 5.69. The van der Waals surface area contributed by atoms with E-state index in [9.17, 15) is 4.79 Å². The van der Waals surface area contributed by atoms with Crippen molar-refractivity contribution in [1.29, 1.82) is 0 Å². The summed E-state index contributed by atoms with van der Waals surface area (Å²) < 4.78 is 7.29. The Morgan fingerprint density at radius 2 is 1.97 bits per heavy atom. The van der Waals surface area contributed by atoms with E-state index in [-0.39, 0.29) is 12.0 Å². The third-order valence-electron chi connectivity index (χ3n) is 4.65. The van der Waals surface area contributed by atoms with Crippen LogP contribution in [0.25, 0.3) is 0 Å². The highest BCUT2D eigenvalue weighted by Gasteiger charge is 2.35. The third kappa shape index (κ3) is 4.58. The van der Waals surface area contributed by atoms with Crippen molar-refractivity contribution in [3.63, 3.8) is 0 Å². The van der Waals surface area contributed by atoms with Crippen LogP contribution in [0, 0.1) is 0 Å². The Kier molecular flexibility index (Phi) is 6.84. The van der Waals surface area contributed by atoms with Crippen molar-refractivity contribution in [1.82, 2.24) is 14.8 Å². The van der Waals surface area contributed by atoms with Crippen LogP contribution in [-0.2, 0) is 9.53 Å². The van der Waals surface area contributed by atoms with Gasteiger partial charge in [-0.05, 0) is 37.5 Å². The maximum atomic E-state index is 12.9. The Labute approximate surface area is 176 Å². The molecule has 0 fully saturated rings. The maximum Gasteiger partial charge on any atom is 0.338 e. The summed E-state index contributed by atoms with van der Waals surface area (Å²) in [5.41, 5.74) is 3.38. The molecule has 156 valence electrons. The number of allylic oxidation sites excluding steroid dienone is 1. The number of nitrogens with one attached hydrogen (secondary N) is 1. The van der Waals surface area contributed by atoms with E-state index in [1.54, 1.807) is 16.4 Å². The van der Waals surface area contributed by atoms with E-state index < -0.39 is 0 Å². The molecule has 1 aromatic carbocycles. The molecule has 0 saturated heterocycles. The Hall–Kier alpha value is -2.48. The van der Waals surface area contributed by atoms with Gasteiger partial charge in [-0.25, -0.2) is 9.48 Å². The van der Waals surface area contributed by atoms with E-state index in [0.29, 0.717) is 23.3 Å². The van der Waals surface area contributed by atoms with Crippen molar-refractivity contribution in [2.24, 2.45) is 0 Å². The van der Waals surface area contributed by atoms with Gasteiger partial charge in [0.05, 0.1) is 12.2 Å². The molecule has 1 atom stereocenters. The molecular weight excluding hydrogens is 386 g/mol. The van der Waals surface area contributed by atoms with Crippen LogP contribution in [0.2, 0.25) is 0 Å². The van der Waals surface area contributed by atoms with Gasteiger partial charge in [-0.15, -0.1) is 5.10 Å². The summed E-state index contributed by atoms with van der Waals surface area (Å²) in [7, 11) is 4.01. The lowest BCUT2D eigenvalue weighted by molar-refractivity contribution is -0.139. The van der Waals surface area contributed by atoms with E-state index in [2.05, 4.69) is 17.2 Å². The van der Waals surface area contributed by atoms with Crippen LogP contribution in [0.4, 0.5) is 11.6 Å². The zero-order chi connectivity index (χ0) is 21.0. The van der Waals surface area contributed by atoms with E-state index in [0.717, 1.165) is 35.5 Å². The van der Waals surface area contributed by atoms with Gasteiger partial charge in [0.15, 0.2) is 0 Å². The Balaban J connectivity index is 2.05. The van der Waals surface area contributed by atoms with Crippen LogP contribution in [0.15, 0.2) is 40.7 Å². The number of hydrogen-bond acceptors (Lipinski definition) is 7. The summed E-state index contributed by atoms with van der Waals surface area (Å²) in [6, 6.07) is 7.79. The molecular formula is C21H29N5O2S.